The molecule has 2 aromatic rings. The van der Waals surface area contributed by atoms with Crippen LogP contribution in [-0.4, -0.2) is 33.9 Å². The van der Waals surface area contributed by atoms with Gasteiger partial charge in [0, 0.05) is 23.7 Å². The minimum atomic E-state index is 0.489. The maximum absolute atomic E-state index is 6.26. The van der Waals surface area contributed by atoms with Gasteiger partial charge in [0.1, 0.15) is 0 Å². The maximum Gasteiger partial charge on any atom is 0.201 e. The highest BCUT2D eigenvalue weighted by Gasteiger charge is 2.12. The van der Waals surface area contributed by atoms with Gasteiger partial charge in [0.2, 0.25) is 5.11 Å². The Hall–Kier alpha value is -2.02. The Morgan fingerprint density at radius 3 is 2.68 bits per heavy atom. The average molecular weight is 374 g/mol. The van der Waals surface area contributed by atoms with E-state index in [4.69, 9.17) is 23.8 Å². The Morgan fingerprint density at radius 2 is 1.92 bits per heavy atom. The molecule has 2 N–H and O–H groups in total. The number of aromatic nitrogens is 1. The van der Waals surface area contributed by atoms with Crippen molar-refractivity contribution < 1.29 is 0 Å². The third-order valence-corrected chi connectivity index (χ3v) is 4.47. The van der Waals surface area contributed by atoms with Gasteiger partial charge in [-0.3, -0.25) is 10.9 Å². The molecule has 0 amide bonds. The van der Waals surface area contributed by atoms with Crippen LogP contribution in [0.25, 0.3) is 11.3 Å². The van der Waals surface area contributed by atoms with E-state index < -0.39 is 0 Å². The molecule has 0 spiro atoms. The van der Waals surface area contributed by atoms with E-state index in [1.54, 1.807) is 0 Å². The SMILES string of the molecule is CC(=NNC(=S)NN1CCCC1)c1cccc(-c2ccccc2Cl)n1. The van der Waals surface area contributed by atoms with Crippen molar-refractivity contribution in [2.45, 2.75) is 19.8 Å². The molecule has 1 aromatic carbocycles. The molecule has 1 aliphatic rings. The van der Waals surface area contributed by atoms with Crippen LogP contribution in [0, 0.1) is 0 Å². The topological polar surface area (TPSA) is 52.6 Å². The zero-order valence-corrected chi connectivity index (χ0v) is 15.6. The molecule has 2 heterocycles. The normalized spacial score (nSPS) is 15.2. The third kappa shape index (κ3) is 4.75. The average Bonchev–Trinajstić information content (AvgIpc) is 3.13. The molecule has 0 radical (unpaired) electrons. The maximum atomic E-state index is 6.26. The number of hydrogen-bond donors (Lipinski definition) is 2. The van der Waals surface area contributed by atoms with Gasteiger partial charge in [-0.15, -0.1) is 0 Å². The number of halogens is 1. The fraction of sp³-hybridized carbons (Fsp3) is 0.278. The highest BCUT2D eigenvalue weighted by Crippen LogP contribution is 2.25. The molecule has 7 heteroatoms. The van der Waals surface area contributed by atoms with Gasteiger partial charge >= 0.3 is 0 Å². The summed E-state index contributed by atoms with van der Waals surface area (Å²) in [6, 6.07) is 13.5. The summed E-state index contributed by atoms with van der Waals surface area (Å²) >= 11 is 11.5. The monoisotopic (exact) mass is 373 g/mol. The van der Waals surface area contributed by atoms with Crippen molar-refractivity contribution in [2.24, 2.45) is 5.10 Å². The summed E-state index contributed by atoms with van der Waals surface area (Å²) in [4.78, 5) is 4.66. The molecule has 3 rings (SSSR count). The summed E-state index contributed by atoms with van der Waals surface area (Å²) in [5, 5.41) is 7.59. The van der Waals surface area contributed by atoms with E-state index in [1.165, 1.54) is 12.8 Å². The lowest BCUT2D eigenvalue weighted by molar-refractivity contribution is 0.294. The molecule has 1 aromatic heterocycles. The fourth-order valence-electron chi connectivity index (χ4n) is 2.64. The van der Waals surface area contributed by atoms with Crippen LogP contribution in [0.2, 0.25) is 5.02 Å². The molecule has 1 aliphatic heterocycles. The second-order valence-electron chi connectivity index (χ2n) is 5.83. The molecule has 5 nitrogen and oxygen atoms in total. The van der Waals surface area contributed by atoms with E-state index in [0.717, 1.165) is 35.8 Å². The van der Waals surface area contributed by atoms with E-state index in [0.29, 0.717) is 10.1 Å². The predicted molar refractivity (Wildman–Crippen MR) is 107 cm³/mol. The van der Waals surface area contributed by atoms with Crippen LogP contribution < -0.4 is 10.9 Å². The van der Waals surface area contributed by atoms with E-state index in [9.17, 15) is 0 Å². The van der Waals surface area contributed by atoms with E-state index in [1.807, 2.05) is 49.4 Å². The molecule has 0 aliphatic carbocycles. The molecule has 0 bridgehead atoms. The lowest BCUT2D eigenvalue weighted by Gasteiger charge is -2.17. The Balaban J connectivity index is 1.69. The highest BCUT2D eigenvalue weighted by molar-refractivity contribution is 7.80. The van der Waals surface area contributed by atoms with Gasteiger partial charge in [-0.25, -0.2) is 9.99 Å². The predicted octanol–water partition coefficient (Wildman–Crippen LogP) is 3.60. The lowest BCUT2D eigenvalue weighted by Crippen LogP contribution is -2.44. The number of benzene rings is 1. The van der Waals surface area contributed by atoms with E-state index in [-0.39, 0.29) is 0 Å². The first kappa shape index (κ1) is 17.8. The van der Waals surface area contributed by atoms with Crippen LogP contribution in [0.1, 0.15) is 25.5 Å². The lowest BCUT2D eigenvalue weighted by atomic mass is 10.1. The Kier molecular flexibility index (Phi) is 5.96. The second-order valence-corrected chi connectivity index (χ2v) is 6.65. The molecule has 0 atom stereocenters. The van der Waals surface area contributed by atoms with Gasteiger partial charge in [-0.1, -0.05) is 35.9 Å². The Morgan fingerprint density at radius 1 is 1.16 bits per heavy atom. The number of hydrogen-bond acceptors (Lipinski definition) is 4. The number of hydrazone groups is 1. The van der Waals surface area contributed by atoms with E-state index >= 15 is 0 Å². The quantitative estimate of drug-likeness (QED) is 0.487. The first-order valence-electron chi connectivity index (χ1n) is 8.21. The van der Waals surface area contributed by atoms with Crippen LogP contribution >= 0.6 is 23.8 Å². The number of hydrazine groups is 1. The zero-order chi connectivity index (χ0) is 17.6. The first-order valence-corrected chi connectivity index (χ1v) is 9.00. The summed E-state index contributed by atoms with van der Waals surface area (Å²) in [5.74, 6) is 0. The number of nitrogens with zero attached hydrogens (tertiary/aromatic N) is 3. The highest BCUT2D eigenvalue weighted by atomic mass is 35.5. The third-order valence-electron chi connectivity index (χ3n) is 3.96. The standard InChI is InChI=1S/C18H20ClN5S/c1-13(21-22-18(25)23-24-11-4-5-12-24)16-9-6-10-17(20-16)14-7-2-3-8-15(14)19/h2-3,6-10H,4-5,11-12H2,1H3,(H2,22,23,25). The summed E-state index contributed by atoms with van der Waals surface area (Å²) in [6.45, 7) is 3.90. The van der Waals surface area contributed by atoms with Crippen LogP contribution in [0.5, 0.6) is 0 Å². The minimum absolute atomic E-state index is 0.489. The fourth-order valence-corrected chi connectivity index (χ4v) is 3.05. The van der Waals surface area contributed by atoms with Crippen molar-refractivity contribution >= 4 is 34.6 Å². The van der Waals surface area contributed by atoms with Crippen molar-refractivity contribution in [1.29, 1.82) is 0 Å². The minimum Gasteiger partial charge on any atom is -0.294 e. The summed E-state index contributed by atoms with van der Waals surface area (Å²) in [5.41, 5.74) is 9.26. The largest absolute Gasteiger partial charge is 0.294 e. The Labute approximate surface area is 158 Å². The molecular formula is C18H20ClN5S. The van der Waals surface area contributed by atoms with Crippen molar-refractivity contribution in [1.82, 2.24) is 20.8 Å². The van der Waals surface area contributed by atoms with Gasteiger partial charge in [-0.05, 0) is 50.2 Å². The molecule has 1 saturated heterocycles. The van der Waals surface area contributed by atoms with Crippen LogP contribution in [0.3, 0.4) is 0 Å². The number of thiocarbonyl (C=S) groups is 1. The van der Waals surface area contributed by atoms with Gasteiger partial charge in [0.25, 0.3) is 0 Å². The number of pyridine rings is 1. The van der Waals surface area contributed by atoms with Crippen molar-refractivity contribution in [3.05, 3.63) is 53.2 Å². The van der Waals surface area contributed by atoms with Crippen molar-refractivity contribution in [3.8, 4) is 11.3 Å². The number of nitrogens with one attached hydrogen (secondary N) is 2. The van der Waals surface area contributed by atoms with Crippen LogP contribution in [0.15, 0.2) is 47.6 Å². The summed E-state index contributed by atoms with van der Waals surface area (Å²) in [7, 11) is 0. The summed E-state index contributed by atoms with van der Waals surface area (Å²) in [6.07, 6.45) is 2.38. The van der Waals surface area contributed by atoms with Crippen LogP contribution in [0.4, 0.5) is 0 Å². The first-order chi connectivity index (χ1) is 12.1. The molecule has 1 fully saturated rings. The van der Waals surface area contributed by atoms with Gasteiger partial charge in [0.05, 0.1) is 17.1 Å². The van der Waals surface area contributed by atoms with Gasteiger partial charge < -0.3 is 0 Å². The summed E-state index contributed by atoms with van der Waals surface area (Å²) < 4.78 is 0. The molecule has 25 heavy (non-hydrogen) atoms. The molecular weight excluding hydrogens is 354 g/mol. The van der Waals surface area contributed by atoms with Crippen molar-refractivity contribution in [2.75, 3.05) is 13.1 Å². The van der Waals surface area contributed by atoms with Crippen LogP contribution in [-0.2, 0) is 0 Å². The van der Waals surface area contributed by atoms with E-state index in [2.05, 4.69) is 25.9 Å². The number of rotatable bonds is 4. The smallest absolute Gasteiger partial charge is 0.201 e. The Bertz CT molecular complexity index is 787. The second kappa shape index (κ2) is 8.38. The molecule has 0 saturated carbocycles. The molecule has 0 unspecified atom stereocenters. The van der Waals surface area contributed by atoms with Crippen molar-refractivity contribution in [3.63, 3.8) is 0 Å². The van der Waals surface area contributed by atoms with Gasteiger partial charge in [-0.2, -0.15) is 5.10 Å². The van der Waals surface area contributed by atoms with Gasteiger partial charge in [0.15, 0.2) is 0 Å². The zero-order valence-electron chi connectivity index (χ0n) is 14.0. The molecule has 130 valence electrons.